The zero-order chi connectivity index (χ0) is 24.1. The van der Waals surface area contributed by atoms with Crippen molar-refractivity contribution in [2.75, 3.05) is 31.6 Å². The number of nitrogens with zero attached hydrogens (tertiary/aromatic N) is 2. The molecule has 0 radical (unpaired) electrons. The van der Waals surface area contributed by atoms with Crippen LogP contribution in [0.15, 0.2) is 24.3 Å². The normalized spacial score (nSPS) is 19.9. The van der Waals surface area contributed by atoms with Crippen LogP contribution < -0.4 is 30.7 Å². The van der Waals surface area contributed by atoms with E-state index in [-0.39, 0.29) is 41.7 Å². The molecule has 0 spiro atoms. The number of rotatable bonds is 10. The molecule has 3 atom stereocenters. The molecular weight excluding hydrogens is 450 g/mol. The first-order valence-corrected chi connectivity index (χ1v) is 11.0. The zero-order valence-corrected chi connectivity index (χ0v) is 18.6. The van der Waals surface area contributed by atoms with E-state index < -0.39 is 29.8 Å². The Balaban J connectivity index is 1.56. The minimum atomic E-state index is -1.43. The third-order valence-electron chi connectivity index (χ3n) is 5.53. The lowest BCUT2D eigenvalue weighted by Gasteiger charge is -2.28. The summed E-state index contributed by atoms with van der Waals surface area (Å²) in [7, 11) is 0. The van der Waals surface area contributed by atoms with Gasteiger partial charge in [-0.2, -0.15) is 13.8 Å². The number of pyridine rings is 2. The number of amides is 2. The number of aromatic nitrogens is 2. The molecule has 0 aromatic carbocycles. The van der Waals surface area contributed by atoms with Crippen LogP contribution in [0.1, 0.15) is 31.5 Å². The maximum absolute atomic E-state index is 14.0. The number of carbonyl (C=O) groups is 2. The molecule has 12 heteroatoms. The van der Waals surface area contributed by atoms with Crippen molar-refractivity contribution >= 4 is 17.6 Å². The first kappa shape index (κ1) is 23.8. The fourth-order valence-electron chi connectivity index (χ4n) is 3.41. The van der Waals surface area contributed by atoms with E-state index in [2.05, 4.69) is 31.2 Å². The van der Waals surface area contributed by atoms with Gasteiger partial charge in [0.05, 0.1) is 0 Å². The molecule has 182 valence electrons. The second-order valence-electron chi connectivity index (χ2n) is 8.12. The van der Waals surface area contributed by atoms with Crippen LogP contribution in [-0.2, 0) is 9.59 Å². The first-order valence-electron chi connectivity index (χ1n) is 11.0. The average Bonchev–Trinajstić information content (AvgIpc) is 2.72. The summed E-state index contributed by atoms with van der Waals surface area (Å²) < 4.78 is 39.3. The lowest BCUT2D eigenvalue weighted by atomic mass is 10.1. The highest BCUT2D eigenvalue weighted by molar-refractivity contribution is 5.98. The van der Waals surface area contributed by atoms with Gasteiger partial charge in [0.1, 0.15) is 24.7 Å². The van der Waals surface area contributed by atoms with Gasteiger partial charge in [-0.05, 0) is 50.2 Å². The molecule has 2 aromatic rings. The molecule has 0 bridgehead atoms. The van der Waals surface area contributed by atoms with E-state index >= 15 is 0 Å². The SMILES string of the molecule is CC(=O)NC(C(=O)Nc1nc(F)ccc1OC[C@H]1CCN1)c1nc(F)ccc1OC[C@@H]1CCN1. The zero-order valence-electron chi connectivity index (χ0n) is 18.6. The van der Waals surface area contributed by atoms with Crippen LogP contribution in [0, 0.1) is 11.9 Å². The summed E-state index contributed by atoms with van der Waals surface area (Å²) in [4.78, 5) is 32.6. The largest absolute Gasteiger partial charge is 0.490 e. The highest BCUT2D eigenvalue weighted by Crippen LogP contribution is 2.28. The van der Waals surface area contributed by atoms with Gasteiger partial charge in [-0.15, -0.1) is 0 Å². The van der Waals surface area contributed by atoms with Crippen molar-refractivity contribution in [3.05, 3.63) is 41.9 Å². The standard InChI is InChI=1S/C22H26F2N6O4/c1-12(31)27-20(19-15(2-4-17(23)28-19)33-10-13-6-8-25-13)22(32)30-21-16(3-5-18(24)29-21)34-11-14-7-9-26-14/h2-5,13-14,20,25-26H,6-11H2,1H3,(H,27,31)(H,29,30,32)/t13-,14+,20?/m0/s1. The van der Waals surface area contributed by atoms with Crippen LogP contribution in [0.3, 0.4) is 0 Å². The van der Waals surface area contributed by atoms with Gasteiger partial charge < -0.3 is 30.7 Å². The predicted octanol–water partition coefficient (Wildman–Crippen LogP) is 1.05. The van der Waals surface area contributed by atoms with Gasteiger partial charge in [-0.3, -0.25) is 9.59 Å². The number of carbonyl (C=O) groups excluding carboxylic acids is 2. The summed E-state index contributed by atoms with van der Waals surface area (Å²) in [5, 5.41) is 11.3. The molecule has 0 aliphatic carbocycles. The molecule has 4 heterocycles. The van der Waals surface area contributed by atoms with E-state index in [4.69, 9.17) is 9.47 Å². The Hall–Kier alpha value is -3.38. The maximum Gasteiger partial charge on any atom is 0.254 e. The van der Waals surface area contributed by atoms with Crippen LogP contribution in [0.5, 0.6) is 11.5 Å². The summed E-state index contributed by atoms with van der Waals surface area (Å²) >= 11 is 0. The fraction of sp³-hybridized carbons (Fsp3) is 0.455. The maximum atomic E-state index is 14.0. The Morgan fingerprint density at radius 2 is 1.56 bits per heavy atom. The van der Waals surface area contributed by atoms with Gasteiger partial charge >= 0.3 is 0 Å². The molecule has 2 amide bonds. The van der Waals surface area contributed by atoms with Crippen LogP contribution in [0.2, 0.25) is 0 Å². The number of hydrogen-bond donors (Lipinski definition) is 4. The Labute approximate surface area is 194 Å². The van der Waals surface area contributed by atoms with Gasteiger partial charge in [0.25, 0.3) is 5.91 Å². The smallest absolute Gasteiger partial charge is 0.254 e. The van der Waals surface area contributed by atoms with Crippen molar-refractivity contribution < 1.29 is 27.8 Å². The monoisotopic (exact) mass is 476 g/mol. The molecule has 1 unspecified atom stereocenters. The number of ether oxygens (including phenoxy) is 2. The average molecular weight is 476 g/mol. The predicted molar refractivity (Wildman–Crippen MR) is 117 cm³/mol. The highest BCUT2D eigenvalue weighted by atomic mass is 19.1. The Morgan fingerprint density at radius 3 is 2.12 bits per heavy atom. The molecule has 2 aliphatic rings. The molecule has 2 saturated heterocycles. The Kier molecular flexibility index (Phi) is 7.48. The quantitative estimate of drug-likeness (QED) is 0.375. The highest BCUT2D eigenvalue weighted by Gasteiger charge is 2.29. The first-order chi connectivity index (χ1) is 16.4. The second kappa shape index (κ2) is 10.7. The third kappa shape index (κ3) is 5.94. The van der Waals surface area contributed by atoms with Crippen LogP contribution in [0.4, 0.5) is 14.6 Å². The lowest BCUT2D eigenvalue weighted by molar-refractivity contribution is -0.125. The lowest BCUT2D eigenvalue weighted by Crippen LogP contribution is -2.46. The van der Waals surface area contributed by atoms with Gasteiger partial charge in [0.2, 0.25) is 17.8 Å². The Bertz CT molecular complexity index is 1050. The molecule has 10 nitrogen and oxygen atoms in total. The number of nitrogens with one attached hydrogen (secondary N) is 4. The van der Waals surface area contributed by atoms with Crippen LogP contribution >= 0.6 is 0 Å². The van der Waals surface area contributed by atoms with E-state index in [1.54, 1.807) is 0 Å². The fourth-order valence-corrected chi connectivity index (χ4v) is 3.41. The van der Waals surface area contributed by atoms with Crippen molar-refractivity contribution in [2.24, 2.45) is 0 Å². The summed E-state index contributed by atoms with van der Waals surface area (Å²) in [5.74, 6) is -2.93. The van der Waals surface area contributed by atoms with Crippen molar-refractivity contribution in [3.63, 3.8) is 0 Å². The minimum Gasteiger partial charge on any atom is -0.490 e. The van der Waals surface area contributed by atoms with Crippen molar-refractivity contribution in [1.29, 1.82) is 0 Å². The molecule has 0 saturated carbocycles. The molecule has 2 fully saturated rings. The Morgan fingerprint density at radius 1 is 1.00 bits per heavy atom. The van der Waals surface area contributed by atoms with Gasteiger partial charge in [0, 0.05) is 19.0 Å². The number of halogens is 2. The summed E-state index contributed by atoms with van der Waals surface area (Å²) in [6.07, 6.45) is 1.86. The topological polar surface area (TPSA) is 127 Å². The number of anilines is 1. The summed E-state index contributed by atoms with van der Waals surface area (Å²) in [5.41, 5.74) is -0.121. The second-order valence-corrected chi connectivity index (χ2v) is 8.12. The van der Waals surface area contributed by atoms with E-state index in [0.29, 0.717) is 6.61 Å². The number of hydrogen-bond acceptors (Lipinski definition) is 8. The molecule has 2 aliphatic heterocycles. The van der Waals surface area contributed by atoms with Crippen molar-refractivity contribution in [1.82, 2.24) is 25.9 Å². The molecule has 4 rings (SSSR count). The molecule has 2 aromatic heterocycles. The summed E-state index contributed by atoms with van der Waals surface area (Å²) in [6.45, 7) is 3.57. The van der Waals surface area contributed by atoms with E-state index in [9.17, 15) is 18.4 Å². The third-order valence-corrected chi connectivity index (χ3v) is 5.53. The van der Waals surface area contributed by atoms with Gasteiger partial charge in [-0.1, -0.05) is 0 Å². The van der Waals surface area contributed by atoms with Gasteiger partial charge in [-0.25, -0.2) is 4.98 Å². The van der Waals surface area contributed by atoms with Crippen LogP contribution in [-0.4, -0.2) is 60.2 Å². The van der Waals surface area contributed by atoms with E-state index in [1.807, 2.05) is 0 Å². The minimum absolute atomic E-state index is 0.121. The molecule has 4 N–H and O–H groups in total. The van der Waals surface area contributed by atoms with Gasteiger partial charge in [0.15, 0.2) is 17.6 Å². The molecular formula is C22H26F2N6O4. The van der Waals surface area contributed by atoms with E-state index in [1.165, 1.54) is 19.1 Å². The van der Waals surface area contributed by atoms with E-state index in [0.717, 1.165) is 38.1 Å². The summed E-state index contributed by atoms with van der Waals surface area (Å²) in [6, 6.07) is 3.77. The van der Waals surface area contributed by atoms with Crippen molar-refractivity contribution in [2.45, 2.75) is 37.9 Å². The van der Waals surface area contributed by atoms with Crippen LogP contribution in [0.25, 0.3) is 0 Å². The van der Waals surface area contributed by atoms with Crippen molar-refractivity contribution in [3.8, 4) is 11.5 Å². The molecule has 34 heavy (non-hydrogen) atoms.